The van der Waals surface area contributed by atoms with Gasteiger partial charge in [0.1, 0.15) is 5.75 Å². The first-order chi connectivity index (χ1) is 14.7. The number of hydrogen-bond acceptors (Lipinski definition) is 5. The van der Waals surface area contributed by atoms with Crippen molar-refractivity contribution in [2.45, 2.75) is 6.54 Å². The number of para-hydroxylation sites is 1. The maximum atomic E-state index is 13.3. The van der Waals surface area contributed by atoms with Crippen molar-refractivity contribution in [3.8, 4) is 17.1 Å². The van der Waals surface area contributed by atoms with Crippen LogP contribution in [0, 0.1) is 0 Å². The number of rotatable bonds is 6. The summed E-state index contributed by atoms with van der Waals surface area (Å²) < 4.78 is 6.62. The van der Waals surface area contributed by atoms with E-state index in [1.807, 2.05) is 60.7 Å². The van der Waals surface area contributed by atoms with Crippen molar-refractivity contribution < 1.29 is 9.53 Å². The van der Waals surface area contributed by atoms with Crippen LogP contribution in [0.4, 0.5) is 5.95 Å². The van der Waals surface area contributed by atoms with E-state index in [4.69, 9.17) is 16.3 Å². The van der Waals surface area contributed by atoms with Crippen LogP contribution in [0.3, 0.4) is 0 Å². The fourth-order valence-electron chi connectivity index (χ4n) is 3.00. The van der Waals surface area contributed by atoms with Gasteiger partial charge in [0.15, 0.2) is 5.82 Å². The van der Waals surface area contributed by atoms with Gasteiger partial charge in [-0.1, -0.05) is 66.2 Å². The number of nitrogens with zero attached hydrogens (tertiary/aromatic N) is 3. The number of ether oxygens (including phenoxy) is 1. The molecule has 0 radical (unpaired) electrons. The van der Waals surface area contributed by atoms with Gasteiger partial charge in [-0.15, -0.1) is 5.10 Å². The summed E-state index contributed by atoms with van der Waals surface area (Å²) in [6.45, 7) is 0.462. The molecule has 3 aromatic carbocycles. The van der Waals surface area contributed by atoms with Gasteiger partial charge in [0.2, 0.25) is 5.95 Å². The summed E-state index contributed by atoms with van der Waals surface area (Å²) >= 11 is 5.96. The number of carbonyl (C=O) groups is 1. The van der Waals surface area contributed by atoms with E-state index in [1.54, 1.807) is 18.2 Å². The lowest BCUT2D eigenvalue weighted by molar-refractivity contribution is 0.0944. The molecule has 150 valence electrons. The molecule has 0 bridgehead atoms. The van der Waals surface area contributed by atoms with Gasteiger partial charge in [0, 0.05) is 17.1 Å². The molecule has 6 nitrogen and oxygen atoms in total. The maximum absolute atomic E-state index is 13.3. The molecule has 30 heavy (non-hydrogen) atoms. The van der Waals surface area contributed by atoms with Crippen molar-refractivity contribution in [2.24, 2.45) is 0 Å². The Morgan fingerprint density at radius 2 is 1.70 bits per heavy atom. The number of anilines is 1. The summed E-state index contributed by atoms with van der Waals surface area (Å²) in [6, 6.07) is 24.0. The fourth-order valence-corrected chi connectivity index (χ4v) is 3.12. The Morgan fingerprint density at radius 1 is 1.00 bits per heavy atom. The number of hydrogen-bond donors (Lipinski definition) is 1. The molecular weight excluding hydrogens is 400 g/mol. The van der Waals surface area contributed by atoms with Crippen molar-refractivity contribution in [2.75, 3.05) is 12.4 Å². The highest BCUT2D eigenvalue weighted by atomic mass is 35.5. The predicted octanol–water partition coefficient (Wildman–Crippen LogP) is 4.91. The van der Waals surface area contributed by atoms with Crippen LogP contribution in [0.5, 0.6) is 5.75 Å². The highest BCUT2D eigenvalue weighted by Gasteiger charge is 2.21. The first-order valence-corrected chi connectivity index (χ1v) is 9.72. The number of benzene rings is 3. The summed E-state index contributed by atoms with van der Waals surface area (Å²) in [4.78, 5) is 17.8. The Labute approximate surface area is 179 Å². The van der Waals surface area contributed by atoms with E-state index < -0.39 is 0 Å². The normalized spacial score (nSPS) is 10.6. The smallest absolute Gasteiger partial charge is 0.285 e. The molecule has 0 atom stereocenters. The van der Waals surface area contributed by atoms with Gasteiger partial charge in [0.05, 0.1) is 12.7 Å². The summed E-state index contributed by atoms with van der Waals surface area (Å²) in [5.74, 6) is 0.945. The molecule has 0 aliphatic carbocycles. The third-order valence-electron chi connectivity index (χ3n) is 4.53. The van der Waals surface area contributed by atoms with Crippen LogP contribution < -0.4 is 10.1 Å². The molecule has 1 aromatic heterocycles. The zero-order valence-electron chi connectivity index (χ0n) is 16.2. The Hall–Kier alpha value is -3.64. The van der Waals surface area contributed by atoms with Crippen LogP contribution >= 0.6 is 11.6 Å². The Balaban J connectivity index is 1.70. The summed E-state index contributed by atoms with van der Waals surface area (Å²) in [5.41, 5.74) is 2.22. The van der Waals surface area contributed by atoms with Crippen molar-refractivity contribution in [1.29, 1.82) is 0 Å². The van der Waals surface area contributed by atoms with Crippen molar-refractivity contribution in [3.63, 3.8) is 0 Å². The minimum absolute atomic E-state index is 0.333. The standard InChI is InChI=1S/C23H19ClN4O2/c1-30-20-10-6-5-9-19(20)22(29)28-23(25-15-16-11-13-18(24)14-12-16)26-21(27-28)17-7-3-2-4-8-17/h2-14H,15H2,1H3,(H,25,26,27). The van der Waals surface area contributed by atoms with E-state index in [0.29, 0.717) is 34.7 Å². The van der Waals surface area contributed by atoms with E-state index >= 15 is 0 Å². The quantitative estimate of drug-likeness (QED) is 0.482. The minimum atomic E-state index is -0.333. The second-order valence-corrected chi connectivity index (χ2v) is 6.96. The molecule has 0 spiro atoms. The average Bonchev–Trinajstić information content (AvgIpc) is 3.23. The van der Waals surface area contributed by atoms with Gasteiger partial charge in [-0.25, -0.2) is 0 Å². The lowest BCUT2D eigenvalue weighted by Gasteiger charge is -2.10. The summed E-state index contributed by atoms with van der Waals surface area (Å²) in [6.07, 6.45) is 0. The molecule has 1 N–H and O–H groups in total. The van der Waals surface area contributed by atoms with E-state index in [0.717, 1.165) is 11.1 Å². The Morgan fingerprint density at radius 3 is 2.43 bits per heavy atom. The van der Waals surface area contributed by atoms with Crippen LogP contribution in [0.1, 0.15) is 15.9 Å². The van der Waals surface area contributed by atoms with Crippen LogP contribution in [0.15, 0.2) is 78.9 Å². The lowest BCUT2D eigenvalue weighted by atomic mass is 10.2. The van der Waals surface area contributed by atoms with Crippen LogP contribution in [0.25, 0.3) is 11.4 Å². The predicted molar refractivity (Wildman–Crippen MR) is 117 cm³/mol. The molecule has 1 heterocycles. The first kappa shape index (κ1) is 19.7. The largest absolute Gasteiger partial charge is 0.496 e. The van der Waals surface area contributed by atoms with Gasteiger partial charge < -0.3 is 10.1 Å². The Kier molecular flexibility index (Phi) is 5.77. The van der Waals surface area contributed by atoms with Crippen LogP contribution in [0.2, 0.25) is 5.02 Å². The molecule has 0 fully saturated rings. The molecule has 0 amide bonds. The van der Waals surface area contributed by atoms with Gasteiger partial charge in [-0.3, -0.25) is 4.79 Å². The highest BCUT2D eigenvalue weighted by Crippen LogP contribution is 2.23. The first-order valence-electron chi connectivity index (χ1n) is 9.34. The van der Waals surface area contributed by atoms with E-state index in [-0.39, 0.29) is 5.91 Å². The molecule has 7 heteroatoms. The van der Waals surface area contributed by atoms with Crippen molar-refractivity contribution in [3.05, 3.63) is 95.0 Å². The third kappa shape index (κ3) is 4.18. The van der Waals surface area contributed by atoms with E-state index in [1.165, 1.54) is 11.8 Å². The van der Waals surface area contributed by atoms with Gasteiger partial charge in [0.25, 0.3) is 5.91 Å². The van der Waals surface area contributed by atoms with E-state index in [9.17, 15) is 4.79 Å². The third-order valence-corrected chi connectivity index (χ3v) is 4.78. The number of methoxy groups -OCH3 is 1. The van der Waals surface area contributed by atoms with Gasteiger partial charge in [-0.05, 0) is 29.8 Å². The molecule has 0 unspecified atom stereocenters. The van der Waals surface area contributed by atoms with Crippen LogP contribution in [-0.4, -0.2) is 27.8 Å². The van der Waals surface area contributed by atoms with Crippen LogP contribution in [-0.2, 0) is 6.54 Å². The lowest BCUT2D eigenvalue weighted by Crippen LogP contribution is -2.18. The zero-order valence-corrected chi connectivity index (χ0v) is 17.0. The molecule has 4 aromatic rings. The molecule has 0 saturated carbocycles. The van der Waals surface area contributed by atoms with Crippen molar-refractivity contribution in [1.82, 2.24) is 14.8 Å². The van der Waals surface area contributed by atoms with Crippen molar-refractivity contribution >= 4 is 23.5 Å². The highest BCUT2D eigenvalue weighted by molar-refractivity contribution is 6.30. The van der Waals surface area contributed by atoms with E-state index in [2.05, 4.69) is 15.4 Å². The fraction of sp³-hybridized carbons (Fsp3) is 0.0870. The van der Waals surface area contributed by atoms with Gasteiger partial charge >= 0.3 is 0 Å². The SMILES string of the molecule is COc1ccccc1C(=O)n1nc(-c2ccccc2)nc1NCc1ccc(Cl)cc1. The Bertz CT molecular complexity index is 1160. The molecule has 0 aliphatic rings. The number of nitrogens with one attached hydrogen (secondary N) is 1. The topological polar surface area (TPSA) is 69.0 Å². The number of aromatic nitrogens is 3. The van der Waals surface area contributed by atoms with Gasteiger partial charge in [-0.2, -0.15) is 9.67 Å². The average molecular weight is 419 g/mol. The number of carbonyl (C=O) groups excluding carboxylic acids is 1. The maximum Gasteiger partial charge on any atom is 0.285 e. The number of halogens is 1. The second kappa shape index (κ2) is 8.80. The monoisotopic (exact) mass is 418 g/mol. The molecule has 0 aliphatic heterocycles. The molecular formula is C23H19ClN4O2. The molecule has 4 rings (SSSR count). The molecule has 0 saturated heterocycles. The summed E-state index contributed by atoms with van der Waals surface area (Å²) in [5, 5.41) is 8.35. The minimum Gasteiger partial charge on any atom is -0.496 e. The summed E-state index contributed by atoms with van der Waals surface area (Å²) in [7, 11) is 1.53. The zero-order chi connectivity index (χ0) is 20.9. The second-order valence-electron chi connectivity index (χ2n) is 6.52.